The van der Waals surface area contributed by atoms with Crippen molar-refractivity contribution in [2.45, 2.75) is 18.8 Å². The zero-order chi connectivity index (χ0) is 14.0. The van der Waals surface area contributed by atoms with Crippen molar-refractivity contribution in [3.63, 3.8) is 0 Å². The van der Waals surface area contributed by atoms with Crippen molar-refractivity contribution in [1.82, 2.24) is 4.90 Å². The number of rotatable bonds is 3. The Morgan fingerprint density at radius 1 is 1.47 bits per heavy atom. The minimum absolute atomic E-state index is 0.0960. The van der Waals surface area contributed by atoms with Gasteiger partial charge in [-0.2, -0.15) is 0 Å². The van der Waals surface area contributed by atoms with E-state index in [-0.39, 0.29) is 11.1 Å². The molecule has 0 amide bonds. The molecule has 0 aromatic heterocycles. The molecular formula is C14H17F2NO2. The standard InChI is InChI=1S/C14H17F2NO2/c1-17-7-3-6-12(9-17)14(15,16)11-5-2-4-10(8-11)13(18)19/h2,4-5,8,12H,3,6-7,9H2,1H3,(H,18,19). The molecule has 1 aromatic rings. The summed E-state index contributed by atoms with van der Waals surface area (Å²) in [5.41, 5.74) is -0.297. The van der Waals surface area contributed by atoms with Crippen molar-refractivity contribution in [2.75, 3.05) is 20.1 Å². The van der Waals surface area contributed by atoms with Gasteiger partial charge in [-0.1, -0.05) is 12.1 Å². The number of carboxylic acid groups (broad SMARTS) is 1. The van der Waals surface area contributed by atoms with Gasteiger partial charge in [0.1, 0.15) is 0 Å². The molecule has 2 rings (SSSR count). The molecule has 19 heavy (non-hydrogen) atoms. The molecule has 1 aliphatic heterocycles. The highest BCUT2D eigenvalue weighted by Crippen LogP contribution is 2.40. The van der Waals surface area contributed by atoms with Crippen LogP contribution in [0, 0.1) is 5.92 Å². The number of alkyl halides is 2. The lowest BCUT2D eigenvalue weighted by molar-refractivity contribution is -0.0864. The fourth-order valence-corrected chi connectivity index (χ4v) is 2.56. The number of benzene rings is 1. The van der Waals surface area contributed by atoms with Gasteiger partial charge in [0, 0.05) is 18.0 Å². The first-order valence-electron chi connectivity index (χ1n) is 6.31. The normalized spacial score (nSPS) is 21.3. The van der Waals surface area contributed by atoms with E-state index in [1.165, 1.54) is 18.2 Å². The van der Waals surface area contributed by atoms with Gasteiger partial charge < -0.3 is 10.0 Å². The van der Waals surface area contributed by atoms with Crippen LogP contribution in [0.3, 0.4) is 0 Å². The maximum atomic E-state index is 14.4. The van der Waals surface area contributed by atoms with Crippen LogP contribution in [0.25, 0.3) is 0 Å². The first-order valence-corrected chi connectivity index (χ1v) is 6.31. The predicted octanol–water partition coefficient (Wildman–Crippen LogP) is 2.82. The second-order valence-electron chi connectivity index (χ2n) is 5.11. The molecule has 1 aliphatic rings. The molecule has 0 saturated carbocycles. The Kier molecular flexibility index (Phi) is 3.85. The van der Waals surface area contributed by atoms with Crippen molar-refractivity contribution >= 4 is 5.97 Å². The Balaban J connectivity index is 2.27. The number of carbonyl (C=O) groups is 1. The molecule has 3 nitrogen and oxygen atoms in total. The van der Waals surface area contributed by atoms with E-state index >= 15 is 0 Å². The molecule has 1 N–H and O–H groups in total. The van der Waals surface area contributed by atoms with Crippen LogP contribution in [-0.4, -0.2) is 36.1 Å². The first kappa shape index (κ1) is 13.9. The van der Waals surface area contributed by atoms with Crippen molar-refractivity contribution < 1.29 is 18.7 Å². The summed E-state index contributed by atoms with van der Waals surface area (Å²) in [7, 11) is 1.83. The molecule has 1 saturated heterocycles. The topological polar surface area (TPSA) is 40.5 Å². The summed E-state index contributed by atoms with van der Waals surface area (Å²) in [6.45, 7) is 1.17. The molecule has 1 aromatic carbocycles. The van der Waals surface area contributed by atoms with E-state index < -0.39 is 17.8 Å². The van der Waals surface area contributed by atoms with Crippen molar-refractivity contribution in [1.29, 1.82) is 0 Å². The smallest absolute Gasteiger partial charge is 0.335 e. The lowest BCUT2D eigenvalue weighted by Gasteiger charge is -2.35. The minimum atomic E-state index is -2.99. The maximum Gasteiger partial charge on any atom is 0.335 e. The van der Waals surface area contributed by atoms with E-state index in [1.54, 1.807) is 0 Å². The van der Waals surface area contributed by atoms with E-state index in [4.69, 9.17) is 5.11 Å². The zero-order valence-electron chi connectivity index (χ0n) is 10.8. The third-order valence-corrected chi connectivity index (χ3v) is 3.63. The molecular weight excluding hydrogens is 252 g/mol. The molecule has 1 heterocycles. The lowest BCUT2D eigenvalue weighted by atomic mass is 9.87. The summed E-state index contributed by atoms with van der Waals surface area (Å²) in [6.07, 6.45) is 1.21. The molecule has 1 atom stereocenters. The van der Waals surface area contributed by atoms with Crippen LogP contribution in [0.1, 0.15) is 28.8 Å². The fraction of sp³-hybridized carbons (Fsp3) is 0.500. The van der Waals surface area contributed by atoms with Crippen molar-refractivity contribution in [3.05, 3.63) is 35.4 Å². The minimum Gasteiger partial charge on any atom is -0.478 e. The zero-order valence-corrected chi connectivity index (χ0v) is 10.8. The molecule has 0 bridgehead atoms. The van der Waals surface area contributed by atoms with Crippen LogP contribution in [0.4, 0.5) is 8.78 Å². The van der Waals surface area contributed by atoms with E-state index in [9.17, 15) is 13.6 Å². The van der Waals surface area contributed by atoms with Crippen LogP contribution in [-0.2, 0) is 5.92 Å². The number of piperidine rings is 1. The third-order valence-electron chi connectivity index (χ3n) is 3.63. The Hall–Kier alpha value is -1.49. The average Bonchev–Trinajstić information content (AvgIpc) is 2.39. The highest BCUT2D eigenvalue weighted by Gasteiger charge is 2.42. The molecule has 1 unspecified atom stereocenters. The van der Waals surface area contributed by atoms with Gasteiger partial charge in [-0.25, -0.2) is 13.6 Å². The summed E-state index contributed by atoms with van der Waals surface area (Å²) >= 11 is 0. The number of hydrogen-bond acceptors (Lipinski definition) is 2. The Labute approximate surface area is 110 Å². The quantitative estimate of drug-likeness (QED) is 0.917. The van der Waals surface area contributed by atoms with Gasteiger partial charge in [-0.3, -0.25) is 0 Å². The van der Waals surface area contributed by atoms with Gasteiger partial charge in [0.15, 0.2) is 0 Å². The van der Waals surface area contributed by atoms with Crippen molar-refractivity contribution in [2.24, 2.45) is 5.92 Å². The second kappa shape index (κ2) is 5.25. The summed E-state index contributed by atoms with van der Waals surface area (Å²) < 4.78 is 28.9. The van der Waals surface area contributed by atoms with Crippen LogP contribution < -0.4 is 0 Å². The van der Waals surface area contributed by atoms with Gasteiger partial charge >= 0.3 is 5.97 Å². The van der Waals surface area contributed by atoms with E-state index in [0.29, 0.717) is 13.0 Å². The maximum absolute atomic E-state index is 14.4. The molecule has 5 heteroatoms. The number of nitrogens with zero attached hydrogens (tertiary/aromatic N) is 1. The number of halogens is 2. The van der Waals surface area contributed by atoms with Gasteiger partial charge in [0.25, 0.3) is 5.92 Å². The van der Waals surface area contributed by atoms with Gasteiger partial charge in [0.05, 0.1) is 5.56 Å². The van der Waals surface area contributed by atoms with Crippen LogP contribution in [0.5, 0.6) is 0 Å². The SMILES string of the molecule is CN1CCCC(C(F)(F)c2cccc(C(=O)O)c2)C1. The molecule has 0 aliphatic carbocycles. The predicted molar refractivity (Wildman–Crippen MR) is 67.5 cm³/mol. The van der Waals surface area contributed by atoms with Gasteiger partial charge in [-0.15, -0.1) is 0 Å². The number of hydrogen-bond donors (Lipinski definition) is 1. The van der Waals surface area contributed by atoms with Gasteiger partial charge in [-0.05, 0) is 38.6 Å². The largest absolute Gasteiger partial charge is 0.478 e. The second-order valence-corrected chi connectivity index (χ2v) is 5.11. The van der Waals surface area contributed by atoms with E-state index in [1.807, 2.05) is 11.9 Å². The lowest BCUT2D eigenvalue weighted by Crippen LogP contribution is -2.40. The van der Waals surface area contributed by atoms with Crippen molar-refractivity contribution in [3.8, 4) is 0 Å². The number of carboxylic acids is 1. The molecule has 0 radical (unpaired) electrons. The summed E-state index contributed by atoms with van der Waals surface area (Å²) in [5, 5.41) is 8.87. The van der Waals surface area contributed by atoms with Crippen LogP contribution >= 0.6 is 0 Å². The van der Waals surface area contributed by atoms with Gasteiger partial charge in [0.2, 0.25) is 0 Å². The Morgan fingerprint density at radius 2 is 2.21 bits per heavy atom. The van der Waals surface area contributed by atoms with Crippen LogP contribution in [0.15, 0.2) is 24.3 Å². The Morgan fingerprint density at radius 3 is 2.84 bits per heavy atom. The first-order chi connectivity index (χ1) is 8.91. The Bertz CT molecular complexity index is 476. The molecule has 0 spiro atoms. The number of aromatic carboxylic acids is 1. The molecule has 104 valence electrons. The average molecular weight is 269 g/mol. The highest BCUT2D eigenvalue weighted by atomic mass is 19.3. The summed E-state index contributed by atoms with van der Waals surface area (Å²) in [4.78, 5) is 12.7. The van der Waals surface area contributed by atoms with E-state index in [0.717, 1.165) is 19.0 Å². The van der Waals surface area contributed by atoms with Crippen LogP contribution in [0.2, 0.25) is 0 Å². The fourth-order valence-electron chi connectivity index (χ4n) is 2.56. The summed E-state index contributed by atoms with van der Waals surface area (Å²) in [5.74, 6) is -4.92. The number of likely N-dealkylation sites (tertiary alicyclic amines) is 1. The highest BCUT2D eigenvalue weighted by molar-refractivity contribution is 5.87. The van der Waals surface area contributed by atoms with E-state index in [2.05, 4.69) is 0 Å². The monoisotopic (exact) mass is 269 g/mol. The molecule has 1 fully saturated rings. The summed E-state index contributed by atoms with van der Waals surface area (Å²) in [6, 6.07) is 5.09. The third kappa shape index (κ3) is 2.92.